The highest BCUT2D eigenvalue weighted by molar-refractivity contribution is 14.0. The molecule has 7 heteroatoms. The highest BCUT2D eigenvalue weighted by Crippen LogP contribution is 2.46. The number of nitrogens with one attached hydrogen (secondary N) is 2. The molecular weight excluding hydrogens is 477 g/mol. The number of para-hydroxylation sites is 1. The van der Waals surface area contributed by atoms with Gasteiger partial charge in [-0.05, 0) is 45.8 Å². The van der Waals surface area contributed by atoms with E-state index < -0.39 is 0 Å². The Morgan fingerprint density at radius 2 is 1.97 bits per heavy atom. The van der Waals surface area contributed by atoms with Crippen LogP contribution in [0.3, 0.4) is 0 Å². The van der Waals surface area contributed by atoms with Gasteiger partial charge in [0.05, 0.1) is 6.04 Å². The van der Waals surface area contributed by atoms with Crippen molar-refractivity contribution in [2.75, 3.05) is 47.3 Å². The van der Waals surface area contributed by atoms with Crippen LogP contribution in [0.5, 0.6) is 5.75 Å². The number of likely N-dealkylation sites (N-methyl/N-ethyl adjacent to an activating group) is 2. The maximum absolute atomic E-state index is 6.49. The van der Waals surface area contributed by atoms with Gasteiger partial charge in [0.1, 0.15) is 11.4 Å². The normalized spacial score (nSPS) is 27.1. The fourth-order valence-electron chi connectivity index (χ4n) is 4.97. The van der Waals surface area contributed by atoms with Crippen LogP contribution in [0.1, 0.15) is 43.7 Å². The molecule has 0 radical (unpaired) electrons. The van der Waals surface area contributed by atoms with Crippen LogP contribution < -0.4 is 15.4 Å². The summed E-state index contributed by atoms with van der Waals surface area (Å²) in [6.07, 6.45) is 5.86. The van der Waals surface area contributed by atoms with Crippen LogP contribution >= 0.6 is 24.0 Å². The molecule has 1 aliphatic carbocycles. The summed E-state index contributed by atoms with van der Waals surface area (Å²) in [5.41, 5.74) is 1.24. The van der Waals surface area contributed by atoms with Crippen molar-refractivity contribution in [3.05, 3.63) is 29.8 Å². The number of rotatable bonds is 3. The summed E-state index contributed by atoms with van der Waals surface area (Å²) in [5.74, 6) is 1.92. The predicted octanol–water partition coefficient (Wildman–Crippen LogP) is 2.85. The molecule has 1 saturated carbocycles. The lowest BCUT2D eigenvalue weighted by Gasteiger charge is -2.41. The van der Waals surface area contributed by atoms with E-state index in [1.54, 1.807) is 0 Å². The van der Waals surface area contributed by atoms with Gasteiger partial charge < -0.3 is 20.3 Å². The van der Waals surface area contributed by atoms with E-state index in [9.17, 15) is 0 Å². The minimum Gasteiger partial charge on any atom is -0.487 e. The molecule has 1 spiro atoms. The van der Waals surface area contributed by atoms with Gasteiger partial charge in [0, 0.05) is 51.3 Å². The second-order valence-corrected chi connectivity index (χ2v) is 8.78. The number of ether oxygens (including phenoxy) is 1. The Kier molecular flexibility index (Phi) is 7.67. The van der Waals surface area contributed by atoms with Gasteiger partial charge >= 0.3 is 0 Å². The highest BCUT2D eigenvalue weighted by atomic mass is 127. The summed E-state index contributed by atoms with van der Waals surface area (Å²) in [6.45, 7) is 4.24. The summed E-state index contributed by atoms with van der Waals surface area (Å²) in [5, 5.41) is 7.28. The summed E-state index contributed by atoms with van der Waals surface area (Å²) >= 11 is 0. The number of hydrogen-bond donors (Lipinski definition) is 2. The summed E-state index contributed by atoms with van der Waals surface area (Å²) in [7, 11) is 6.28. The van der Waals surface area contributed by atoms with E-state index in [-0.39, 0.29) is 35.6 Å². The van der Waals surface area contributed by atoms with Gasteiger partial charge in [-0.1, -0.05) is 18.2 Å². The summed E-state index contributed by atoms with van der Waals surface area (Å²) in [4.78, 5) is 9.37. The summed E-state index contributed by atoms with van der Waals surface area (Å²) in [6, 6.07) is 9.22. The number of nitrogens with zero attached hydrogens (tertiary/aromatic N) is 3. The first-order valence-corrected chi connectivity index (χ1v) is 10.7. The van der Waals surface area contributed by atoms with Crippen LogP contribution in [0.4, 0.5) is 0 Å². The first kappa shape index (κ1) is 22.6. The van der Waals surface area contributed by atoms with E-state index in [0.29, 0.717) is 6.04 Å². The molecule has 1 aromatic carbocycles. The van der Waals surface area contributed by atoms with E-state index in [1.165, 1.54) is 18.4 Å². The van der Waals surface area contributed by atoms with Gasteiger partial charge in [0.15, 0.2) is 5.96 Å². The van der Waals surface area contributed by atoms with Crippen molar-refractivity contribution >= 4 is 29.9 Å². The van der Waals surface area contributed by atoms with E-state index >= 15 is 0 Å². The zero-order valence-electron chi connectivity index (χ0n) is 18.0. The standard InChI is InChI=1S/C22H35N5O.HI/c1-23-21(24-15-17-16-26(2)12-13-27(17)3)25-19-14-22(10-6-7-11-22)28-20-9-5-4-8-18(19)20;/h4-5,8-9,17,19H,6-7,10-16H2,1-3H3,(H2,23,24,25);1H. The fraction of sp³-hybridized carbons (Fsp3) is 0.682. The first-order chi connectivity index (χ1) is 13.6. The maximum atomic E-state index is 6.49. The Labute approximate surface area is 192 Å². The molecule has 2 fully saturated rings. The molecule has 0 bridgehead atoms. The van der Waals surface area contributed by atoms with Crippen LogP contribution in [-0.4, -0.2) is 74.7 Å². The van der Waals surface area contributed by atoms with Gasteiger partial charge in [-0.15, -0.1) is 24.0 Å². The average molecular weight is 513 g/mol. The zero-order valence-corrected chi connectivity index (χ0v) is 20.3. The molecule has 2 atom stereocenters. The van der Waals surface area contributed by atoms with Crippen LogP contribution in [0.2, 0.25) is 0 Å². The molecule has 1 aromatic rings. The average Bonchev–Trinajstić information content (AvgIpc) is 3.14. The number of guanidine groups is 1. The Bertz CT molecular complexity index is 706. The third kappa shape index (κ3) is 5.17. The molecule has 162 valence electrons. The van der Waals surface area contributed by atoms with Crippen molar-refractivity contribution in [3.8, 4) is 5.75 Å². The minimum atomic E-state index is -0.00281. The van der Waals surface area contributed by atoms with Crippen LogP contribution in [-0.2, 0) is 0 Å². The molecule has 29 heavy (non-hydrogen) atoms. The lowest BCUT2D eigenvalue weighted by atomic mass is 9.86. The number of fused-ring (bicyclic) bond motifs is 1. The first-order valence-electron chi connectivity index (χ1n) is 10.7. The van der Waals surface area contributed by atoms with E-state index in [4.69, 9.17) is 4.74 Å². The molecule has 0 aromatic heterocycles. The molecule has 2 N–H and O–H groups in total. The van der Waals surface area contributed by atoms with Crippen molar-refractivity contribution in [1.82, 2.24) is 20.4 Å². The quantitative estimate of drug-likeness (QED) is 0.370. The third-order valence-electron chi connectivity index (χ3n) is 6.73. The van der Waals surface area contributed by atoms with Crippen molar-refractivity contribution in [2.24, 2.45) is 4.99 Å². The van der Waals surface area contributed by atoms with Gasteiger partial charge in [0.2, 0.25) is 0 Å². The Hall–Kier alpha value is -1.06. The molecule has 4 rings (SSSR count). The Morgan fingerprint density at radius 3 is 2.72 bits per heavy atom. The molecule has 3 aliphatic rings. The monoisotopic (exact) mass is 513 g/mol. The largest absolute Gasteiger partial charge is 0.487 e. The molecule has 2 aliphatic heterocycles. The van der Waals surface area contributed by atoms with E-state index in [1.807, 2.05) is 7.05 Å². The third-order valence-corrected chi connectivity index (χ3v) is 6.73. The second-order valence-electron chi connectivity index (χ2n) is 8.78. The predicted molar refractivity (Wildman–Crippen MR) is 129 cm³/mol. The lowest BCUT2D eigenvalue weighted by molar-refractivity contribution is 0.0395. The van der Waals surface area contributed by atoms with Crippen LogP contribution in [0, 0.1) is 0 Å². The van der Waals surface area contributed by atoms with Crippen LogP contribution in [0.15, 0.2) is 29.3 Å². The number of aliphatic imine (C=N–C) groups is 1. The topological polar surface area (TPSA) is 52.1 Å². The van der Waals surface area contributed by atoms with E-state index in [2.05, 4.69) is 63.8 Å². The van der Waals surface area contributed by atoms with Gasteiger partial charge in [-0.25, -0.2) is 0 Å². The molecule has 2 unspecified atom stereocenters. The number of benzene rings is 1. The molecule has 1 saturated heterocycles. The van der Waals surface area contributed by atoms with Crippen molar-refractivity contribution in [1.29, 1.82) is 0 Å². The minimum absolute atomic E-state index is 0. The zero-order chi connectivity index (χ0) is 19.6. The number of hydrogen-bond acceptors (Lipinski definition) is 4. The molecular formula is C22H36IN5O. The van der Waals surface area contributed by atoms with E-state index in [0.717, 1.165) is 57.2 Å². The molecule has 0 amide bonds. The Balaban J connectivity index is 0.00000240. The SMILES string of the molecule is CN=C(NCC1CN(C)CCN1C)NC1CC2(CCCC2)Oc2ccccc21.I. The van der Waals surface area contributed by atoms with Gasteiger partial charge in [0.25, 0.3) is 0 Å². The Morgan fingerprint density at radius 1 is 1.21 bits per heavy atom. The maximum Gasteiger partial charge on any atom is 0.191 e. The smallest absolute Gasteiger partial charge is 0.191 e. The molecule has 6 nitrogen and oxygen atoms in total. The summed E-state index contributed by atoms with van der Waals surface area (Å²) < 4.78 is 6.49. The van der Waals surface area contributed by atoms with Crippen LogP contribution in [0.25, 0.3) is 0 Å². The van der Waals surface area contributed by atoms with Crippen molar-refractivity contribution in [2.45, 2.75) is 49.8 Å². The van der Waals surface area contributed by atoms with Crippen molar-refractivity contribution < 1.29 is 4.74 Å². The molecule has 2 heterocycles. The highest BCUT2D eigenvalue weighted by Gasteiger charge is 2.43. The lowest BCUT2D eigenvalue weighted by Crippen LogP contribution is -2.56. The van der Waals surface area contributed by atoms with Crippen molar-refractivity contribution in [3.63, 3.8) is 0 Å². The number of piperazine rings is 1. The number of halogens is 1. The van der Waals surface area contributed by atoms with Gasteiger partial charge in [-0.3, -0.25) is 9.89 Å². The second kappa shape index (κ2) is 9.83. The fourth-order valence-corrected chi connectivity index (χ4v) is 4.97. The van der Waals surface area contributed by atoms with Gasteiger partial charge in [-0.2, -0.15) is 0 Å².